The summed E-state index contributed by atoms with van der Waals surface area (Å²) in [5, 5.41) is 3.41. The first-order valence-electron chi connectivity index (χ1n) is 7.02. The number of rotatable bonds is 3. The van der Waals surface area contributed by atoms with Crippen LogP contribution < -0.4 is 11.1 Å². The molecule has 0 aliphatic heterocycles. The molecule has 1 unspecified atom stereocenters. The lowest BCUT2D eigenvalue weighted by Gasteiger charge is -2.27. The number of halogens is 1. The van der Waals surface area contributed by atoms with E-state index in [0.717, 1.165) is 0 Å². The average Bonchev–Trinajstić information content (AvgIpc) is 2.41. The van der Waals surface area contributed by atoms with Crippen LogP contribution in [-0.4, -0.2) is 19.0 Å². The number of hydrogen-bond donors (Lipinski definition) is 2. The Labute approximate surface area is 132 Å². The predicted octanol–water partition coefficient (Wildman–Crippen LogP) is 3.06. The Balaban J connectivity index is 2.74. The third-order valence-electron chi connectivity index (χ3n) is 3.60. The zero-order valence-corrected chi connectivity index (χ0v) is 13.8. The summed E-state index contributed by atoms with van der Waals surface area (Å²) in [7, 11) is 0. The Kier molecular flexibility index (Phi) is 6.26. The maximum absolute atomic E-state index is 12.1. The van der Waals surface area contributed by atoms with Gasteiger partial charge in [0, 0.05) is 17.7 Å². The van der Waals surface area contributed by atoms with Gasteiger partial charge in [-0.1, -0.05) is 51.1 Å². The van der Waals surface area contributed by atoms with Gasteiger partial charge in [0.2, 0.25) is 0 Å². The second-order valence-electron chi connectivity index (χ2n) is 6.18. The Morgan fingerprint density at radius 1 is 1.43 bits per heavy atom. The number of nitrogens with one attached hydrogen (secondary N) is 1. The largest absolute Gasteiger partial charge is 0.352 e. The van der Waals surface area contributed by atoms with Gasteiger partial charge in [0.15, 0.2) is 0 Å². The molecule has 1 aromatic rings. The molecule has 0 bridgehead atoms. The summed E-state index contributed by atoms with van der Waals surface area (Å²) in [5.74, 6) is 5.88. The summed E-state index contributed by atoms with van der Waals surface area (Å²) in [4.78, 5) is 12.1. The number of carbonyl (C=O) groups is 1. The summed E-state index contributed by atoms with van der Waals surface area (Å²) >= 11 is 6.12. The van der Waals surface area contributed by atoms with Crippen molar-refractivity contribution in [2.24, 2.45) is 17.1 Å². The molecule has 0 radical (unpaired) electrons. The van der Waals surface area contributed by atoms with Crippen LogP contribution in [0.15, 0.2) is 18.2 Å². The van der Waals surface area contributed by atoms with Crippen LogP contribution in [0, 0.1) is 23.2 Å². The number of carbonyl (C=O) groups excluding carboxylic acids is 1. The first-order valence-corrected chi connectivity index (χ1v) is 7.40. The predicted molar refractivity (Wildman–Crippen MR) is 88.3 cm³/mol. The molecule has 0 saturated heterocycles. The lowest BCUT2D eigenvalue weighted by atomic mass is 9.82. The minimum absolute atomic E-state index is 0.119. The molecule has 1 aromatic carbocycles. The van der Waals surface area contributed by atoms with Gasteiger partial charge in [0.25, 0.3) is 5.91 Å². The van der Waals surface area contributed by atoms with E-state index in [-0.39, 0.29) is 17.9 Å². The fraction of sp³-hybridized carbons (Fsp3) is 0.471. The molecule has 21 heavy (non-hydrogen) atoms. The van der Waals surface area contributed by atoms with Crippen LogP contribution >= 0.6 is 11.6 Å². The van der Waals surface area contributed by atoms with E-state index in [4.69, 9.17) is 17.3 Å². The molecule has 0 aliphatic rings. The molecule has 3 N–H and O–H groups in total. The van der Waals surface area contributed by atoms with Crippen molar-refractivity contribution in [1.29, 1.82) is 0 Å². The topological polar surface area (TPSA) is 55.1 Å². The second-order valence-corrected chi connectivity index (χ2v) is 6.58. The van der Waals surface area contributed by atoms with Gasteiger partial charge in [-0.2, -0.15) is 0 Å². The van der Waals surface area contributed by atoms with Gasteiger partial charge >= 0.3 is 0 Å². The van der Waals surface area contributed by atoms with Gasteiger partial charge < -0.3 is 11.1 Å². The third-order valence-corrected chi connectivity index (χ3v) is 3.92. The van der Waals surface area contributed by atoms with Gasteiger partial charge in [-0.15, -0.1) is 0 Å². The van der Waals surface area contributed by atoms with Crippen LogP contribution in [0.1, 0.15) is 43.6 Å². The van der Waals surface area contributed by atoms with Crippen LogP contribution in [0.4, 0.5) is 0 Å². The van der Waals surface area contributed by atoms with E-state index in [1.165, 1.54) is 0 Å². The quantitative estimate of drug-likeness (QED) is 0.843. The van der Waals surface area contributed by atoms with E-state index in [1.54, 1.807) is 18.2 Å². The van der Waals surface area contributed by atoms with E-state index in [0.29, 0.717) is 28.6 Å². The van der Waals surface area contributed by atoms with Crippen LogP contribution in [0.5, 0.6) is 0 Å². The molecule has 1 atom stereocenters. The Hall–Kier alpha value is -1.50. The molecule has 3 nitrogen and oxygen atoms in total. The lowest BCUT2D eigenvalue weighted by molar-refractivity contribution is 0.0937. The van der Waals surface area contributed by atoms with Crippen molar-refractivity contribution in [3.8, 4) is 11.8 Å². The minimum Gasteiger partial charge on any atom is -0.352 e. The summed E-state index contributed by atoms with van der Waals surface area (Å²) in [6.45, 7) is 9.51. The highest BCUT2D eigenvalue weighted by Gasteiger charge is 2.20. The number of amides is 1. The molecule has 0 aromatic heterocycles. The molecular formula is C17H23ClN2O. The summed E-state index contributed by atoms with van der Waals surface area (Å²) in [6.07, 6.45) is 0. The number of hydrogen-bond acceptors (Lipinski definition) is 2. The number of benzene rings is 1. The second kappa shape index (κ2) is 7.49. The smallest absolute Gasteiger partial charge is 0.251 e. The van der Waals surface area contributed by atoms with Crippen LogP contribution in [0.3, 0.4) is 0 Å². The molecule has 114 valence electrons. The van der Waals surface area contributed by atoms with Crippen molar-refractivity contribution in [2.45, 2.75) is 27.7 Å². The SMILES string of the molecule is CC(CNC(=O)c1ccc(C#CCN)c(Cl)c1)C(C)(C)C. The van der Waals surface area contributed by atoms with Gasteiger partial charge in [-0.05, 0) is 29.5 Å². The molecule has 4 heteroatoms. The van der Waals surface area contributed by atoms with Crippen molar-refractivity contribution < 1.29 is 4.79 Å². The molecule has 0 aliphatic carbocycles. The molecule has 0 heterocycles. The summed E-state index contributed by atoms with van der Waals surface area (Å²) in [6, 6.07) is 5.11. The van der Waals surface area contributed by atoms with Crippen molar-refractivity contribution >= 4 is 17.5 Å². The Bertz CT molecular complexity index is 564. The van der Waals surface area contributed by atoms with E-state index < -0.39 is 0 Å². The highest BCUT2D eigenvalue weighted by Crippen LogP contribution is 2.24. The monoisotopic (exact) mass is 306 g/mol. The highest BCUT2D eigenvalue weighted by atomic mass is 35.5. The first-order chi connectivity index (χ1) is 9.75. The molecule has 0 saturated carbocycles. The van der Waals surface area contributed by atoms with Crippen molar-refractivity contribution in [3.05, 3.63) is 34.3 Å². The van der Waals surface area contributed by atoms with E-state index >= 15 is 0 Å². The van der Waals surface area contributed by atoms with Crippen LogP contribution in [-0.2, 0) is 0 Å². The van der Waals surface area contributed by atoms with Gasteiger partial charge in [-0.25, -0.2) is 0 Å². The fourth-order valence-corrected chi connectivity index (χ4v) is 1.79. The Morgan fingerprint density at radius 2 is 2.10 bits per heavy atom. The van der Waals surface area contributed by atoms with Gasteiger partial charge in [0.05, 0.1) is 11.6 Å². The lowest BCUT2D eigenvalue weighted by Crippen LogP contribution is -2.33. The third kappa shape index (κ3) is 5.41. The number of nitrogens with two attached hydrogens (primary N) is 1. The van der Waals surface area contributed by atoms with Crippen molar-refractivity contribution in [2.75, 3.05) is 13.1 Å². The fourth-order valence-electron chi connectivity index (χ4n) is 1.56. The minimum atomic E-state index is -0.119. The van der Waals surface area contributed by atoms with E-state index in [9.17, 15) is 4.79 Å². The zero-order valence-electron chi connectivity index (χ0n) is 13.1. The van der Waals surface area contributed by atoms with E-state index in [1.807, 2.05) is 0 Å². The van der Waals surface area contributed by atoms with Crippen LogP contribution in [0.2, 0.25) is 5.02 Å². The first kappa shape index (κ1) is 17.6. The van der Waals surface area contributed by atoms with Crippen LogP contribution in [0.25, 0.3) is 0 Å². The summed E-state index contributed by atoms with van der Waals surface area (Å²) < 4.78 is 0. The molecule has 0 spiro atoms. The van der Waals surface area contributed by atoms with Gasteiger partial charge in [0.1, 0.15) is 0 Å². The molecule has 1 amide bonds. The molecular weight excluding hydrogens is 284 g/mol. The maximum Gasteiger partial charge on any atom is 0.251 e. The molecule has 0 fully saturated rings. The van der Waals surface area contributed by atoms with Crippen molar-refractivity contribution in [1.82, 2.24) is 5.32 Å². The zero-order chi connectivity index (χ0) is 16.0. The molecule has 1 rings (SSSR count). The van der Waals surface area contributed by atoms with Crippen molar-refractivity contribution in [3.63, 3.8) is 0 Å². The average molecular weight is 307 g/mol. The van der Waals surface area contributed by atoms with E-state index in [2.05, 4.69) is 44.9 Å². The normalized spacial score (nSPS) is 12.3. The highest BCUT2D eigenvalue weighted by molar-refractivity contribution is 6.32. The summed E-state index contributed by atoms with van der Waals surface area (Å²) in [5.41, 5.74) is 6.71. The van der Waals surface area contributed by atoms with Gasteiger partial charge in [-0.3, -0.25) is 4.79 Å². The maximum atomic E-state index is 12.1. The standard InChI is InChI=1S/C17H23ClN2O/c1-12(17(2,3)4)11-20-16(21)14-8-7-13(6-5-9-19)15(18)10-14/h7-8,10,12H,9,11,19H2,1-4H3,(H,20,21). The Morgan fingerprint density at radius 3 is 2.62 bits per heavy atom.